The normalized spacial score (nSPS) is 14.4. The fourth-order valence-corrected chi connectivity index (χ4v) is 4.38. The van der Waals surface area contributed by atoms with Crippen LogP contribution in [-0.2, 0) is 4.74 Å². The lowest BCUT2D eigenvalue weighted by Gasteiger charge is -2.27. The van der Waals surface area contributed by atoms with Crippen molar-refractivity contribution in [3.63, 3.8) is 0 Å². The van der Waals surface area contributed by atoms with Crippen LogP contribution in [0.25, 0.3) is 16.6 Å². The van der Waals surface area contributed by atoms with Crippen LogP contribution in [0.2, 0.25) is 0 Å². The summed E-state index contributed by atoms with van der Waals surface area (Å²) in [5.74, 6) is 0.677. The summed E-state index contributed by atoms with van der Waals surface area (Å²) in [5.41, 5.74) is 4.07. The van der Waals surface area contributed by atoms with E-state index < -0.39 is 0 Å². The van der Waals surface area contributed by atoms with E-state index in [1.807, 2.05) is 67.5 Å². The molecule has 1 aliphatic rings. The SMILES string of the molecule is C=C/C=C(/c1ccccn1)N(C)C(=C)Nc1ccc2[nH]c(C(=O)N(C)CCCN3CCOCC3)cc2c1. The summed E-state index contributed by atoms with van der Waals surface area (Å²) in [4.78, 5) is 26.9. The maximum Gasteiger partial charge on any atom is 0.270 e. The molecule has 194 valence electrons. The van der Waals surface area contributed by atoms with Gasteiger partial charge in [-0.2, -0.15) is 0 Å². The number of benzene rings is 1. The number of aromatic amines is 1. The number of pyridine rings is 1. The third-order valence-electron chi connectivity index (χ3n) is 6.53. The molecule has 4 rings (SSSR count). The number of nitrogens with zero attached hydrogens (tertiary/aromatic N) is 4. The molecule has 3 heterocycles. The van der Waals surface area contributed by atoms with Crippen molar-refractivity contribution in [3.8, 4) is 0 Å². The number of H-pyrrole nitrogens is 1. The first-order valence-electron chi connectivity index (χ1n) is 12.6. The molecule has 8 heteroatoms. The molecule has 1 aliphatic heterocycles. The molecule has 0 atom stereocenters. The molecule has 8 nitrogen and oxygen atoms in total. The van der Waals surface area contributed by atoms with Crippen LogP contribution >= 0.6 is 0 Å². The number of allylic oxidation sites excluding steroid dienone is 2. The zero-order chi connectivity index (χ0) is 26.2. The van der Waals surface area contributed by atoms with Gasteiger partial charge in [-0.05, 0) is 48.9 Å². The van der Waals surface area contributed by atoms with Crippen LogP contribution in [0, 0.1) is 0 Å². The number of fused-ring (bicyclic) bond motifs is 1. The summed E-state index contributed by atoms with van der Waals surface area (Å²) in [5, 5.41) is 4.32. The standard InChI is InChI=1S/C29H36N6O2/c1-5-9-28(26-10-6-7-13-30-26)34(4)22(2)31-24-11-12-25-23(20-24)21-27(32-25)29(36)33(3)14-8-15-35-16-18-37-19-17-35/h5-7,9-13,20-21,31-32H,1-2,8,14-19H2,3-4H3/b28-9-. The molecular weight excluding hydrogens is 464 g/mol. The molecule has 2 N–H and O–H groups in total. The van der Waals surface area contributed by atoms with Crippen LogP contribution in [0.5, 0.6) is 0 Å². The minimum absolute atomic E-state index is 0.00797. The van der Waals surface area contributed by atoms with E-state index in [0.717, 1.165) is 67.3 Å². The van der Waals surface area contributed by atoms with E-state index >= 15 is 0 Å². The van der Waals surface area contributed by atoms with Gasteiger partial charge in [-0.25, -0.2) is 0 Å². The molecule has 3 aromatic rings. The van der Waals surface area contributed by atoms with Gasteiger partial charge >= 0.3 is 0 Å². The van der Waals surface area contributed by atoms with E-state index in [4.69, 9.17) is 4.74 Å². The molecule has 0 spiro atoms. The summed E-state index contributed by atoms with van der Waals surface area (Å²) in [6.07, 6.45) is 6.33. The molecule has 0 radical (unpaired) electrons. The first-order chi connectivity index (χ1) is 18.0. The highest BCUT2D eigenvalue weighted by molar-refractivity contribution is 5.98. The van der Waals surface area contributed by atoms with Crippen molar-refractivity contribution in [2.45, 2.75) is 6.42 Å². The average molecular weight is 501 g/mol. The fourth-order valence-electron chi connectivity index (χ4n) is 4.38. The van der Waals surface area contributed by atoms with Crippen LogP contribution in [0.4, 0.5) is 5.69 Å². The van der Waals surface area contributed by atoms with Gasteiger partial charge in [0.25, 0.3) is 5.91 Å². The molecule has 1 amide bonds. The van der Waals surface area contributed by atoms with Crippen molar-refractivity contribution >= 4 is 28.2 Å². The molecule has 0 unspecified atom stereocenters. The highest BCUT2D eigenvalue weighted by atomic mass is 16.5. The number of hydrogen-bond donors (Lipinski definition) is 2. The molecule has 37 heavy (non-hydrogen) atoms. The average Bonchev–Trinajstić information content (AvgIpc) is 3.35. The smallest absolute Gasteiger partial charge is 0.270 e. The predicted octanol–water partition coefficient (Wildman–Crippen LogP) is 4.40. The number of amides is 1. The van der Waals surface area contributed by atoms with Crippen LogP contribution in [0.15, 0.2) is 79.8 Å². The van der Waals surface area contributed by atoms with E-state index in [-0.39, 0.29) is 5.91 Å². The second kappa shape index (κ2) is 12.4. The molecule has 2 aromatic heterocycles. The van der Waals surface area contributed by atoms with Gasteiger partial charge in [0.1, 0.15) is 11.5 Å². The Bertz CT molecular complexity index is 1260. The number of carbonyl (C=O) groups is 1. The second-order valence-corrected chi connectivity index (χ2v) is 9.15. The number of ether oxygens (including phenoxy) is 1. The molecule has 1 saturated heterocycles. The Morgan fingerprint density at radius 2 is 2.03 bits per heavy atom. The predicted molar refractivity (Wildman–Crippen MR) is 150 cm³/mol. The van der Waals surface area contributed by atoms with E-state index in [1.165, 1.54) is 0 Å². The van der Waals surface area contributed by atoms with E-state index in [1.54, 1.807) is 17.2 Å². The number of anilines is 1. The lowest BCUT2D eigenvalue weighted by Crippen LogP contribution is -2.38. The number of hydrogen-bond acceptors (Lipinski definition) is 6. The van der Waals surface area contributed by atoms with Gasteiger partial charge in [0.2, 0.25) is 0 Å². The lowest BCUT2D eigenvalue weighted by molar-refractivity contribution is 0.0361. The third kappa shape index (κ3) is 6.67. The first kappa shape index (κ1) is 26.2. The zero-order valence-corrected chi connectivity index (χ0v) is 21.7. The van der Waals surface area contributed by atoms with Crippen LogP contribution < -0.4 is 5.32 Å². The van der Waals surface area contributed by atoms with E-state index in [2.05, 4.69) is 33.3 Å². The van der Waals surface area contributed by atoms with Crippen molar-refractivity contribution < 1.29 is 9.53 Å². The summed E-state index contributed by atoms with van der Waals surface area (Å²) < 4.78 is 5.40. The van der Waals surface area contributed by atoms with Crippen molar-refractivity contribution in [1.82, 2.24) is 24.7 Å². The Labute approximate surface area is 218 Å². The molecule has 1 fully saturated rings. The maximum absolute atomic E-state index is 13.0. The maximum atomic E-state index is 13.0. The lowest BCUT2D eigenvalue weighted by atomic mass is 10.2. The summed E-state index contributed by atoms with van der Waals surface area (Å²) in [7, 11) is 3.79. The minimum atomic E-state index is -0.00797. The van der Waals surface area contributed by atoms with Gasteiger partial charge in [-0.1, -0.05) is 25.3 Å². The van der Waals surface area contributed by atoms with E-state index in [9.17, 15) is 4.79 Å². The number of aromatic nitrogens is 2. The third-order valence-corrected chi connectivity index (χ3v) is 6.53. The first-order valence-corrected chi connectivity index (χ1v) is 12.6. The number of carbonyl (C=O) groups excluding carboxylic acids is 1. The summed E-state index contributed by atoms with van der Waals surface area (Å²) in [6.45, 7) is 13.2. The van der Waals surface area contributed by atoms with E-state index in [0.29, 0.717) is 18.1 Å². The molecule has 0 bridgehead atoms. The van der Waals surface area contributed by atoms with Crippen molar-refractivity contribution in [2.75, 3.05) is 58.8 Å². The second-order valence-electron chi connectivity index (χ2n) is 9.15. The molecular formula is C29H36N6O2. The van der Waals surface area contributed by atoms with Crippen molar-refractivity contribution in [3.05, 3.63) is 91.2 Å². The Balaban J connectivity index is 1.38. The Morgan fingerprint density at radius 1 is 1.22 bits per heavy atom. The fraction of sp³-hybridized carbons (Fsp3) is 0.310. The minimum Gasteiger partial charge on any atom is -0.379 e. The van der Waals surface area contributed by atoms with Gasteiger partial charge in [0.05, 0.1) is 24.6 Å². The number of nitrogens with one attached hydrogen (secondary N) is 2. The van der Waals surface area contributed by atoms with Gasteiger partial charge in [-0.3, -0.25) is 14.7 Å². The van der Waals surface area contributed by atoms with Gasteiger partial charge in [0.15, 0.2) is 0 Å². The molecule has 0 saturated carbocycles. The van der Waals surface area contributed by atoms with Gasteiger partial charge in [-0.15, -0.1) is 0 Å². The van der Waals surface area contributed by atoms with Gasteiger partial charge in [0, 0.05) is 63.1 Å². The Kier molecular flexibility index (Phi) is 8.77. The zero-order valence-electron chi connectivity index (χ0n) is 21.7. The van der Waals surface area contributed by atoms with Crippen LogP contribution in [0.3, 0.4) is 0 Å². The Morgan fingerprint density at radius 3 is 2.76 bits per heavy atom. The van der Waals surface area contributed by atoms with Crippen molar-refractivity contribution in [2.24, 2.45) is 0 Å². The van der Waals surface area contributed by atoms with Crippen LogP contribution in [-0.4, -0.2) is 84.1 Å². The topological polar surface area (TPSA) is 76.7 Å². The highest BCUT2D eigenvalue weighted by Crippen LogP contribution is 2.24. The van der Waals surface area contributed by atoms with Crippen LogP contribution in [0.1, 0.15) is 22.6 Å². The Hall–Kier alpha value is -3.88. The number of morpholine rings is 1. The molecule has 0 aliphatic carbocycles. The molecule has 1 aromatic carbocycles. The van der Waals surface area contributed by atoms with Gasteiger partial charge < -0.3 is 24.8 Å². The summed E-state index contributed by atoms with van der Waals surface area (Å²) in [6, 6.07) is 13.6. The summed E-state index contributed by atoms with van der Waals surface area (Å²) >= 11 is 0. The highest BCUT2D eigenvalue weighted by Gasteiger charge is 2.17. The monoisotopic (exact) mass is 500 g/mol. The van der Waals surface area contributed by atoms with Crippen molar-refractivity contribution in [1.29, 1.82) is 0 Å². The quantitative estimate of drug-likeness (QED) is 0.380. The number of rotatable bonds is 11. The largest absolute Gasteiger partial charge is 0.379 e.